The molecule has 6 heteroatoms. The van der Waals surface area contributed by atoms with Crippen molar-refractivity contribution in [3.05, 3.63) is 84.1 Å². The van der Waals surface area contributed by atoms with Gasteiger partial charge in [-0.15, -0.1) is 0 Å². The number of nitrogens with one attached hydrogen (secondary N) is 1. The lowest BCUT2D eigenvalue weighted by Gasteiger charge is -2.18. The summed E-state index contributed by atoms with van der Waals surface area (Å²) in [5.74, 6) is 0.772. The van der Waals surface area contributed by atoms with E-state index >= 15 is 0 Å². The highest BCUT2D eigenvalue weighted by Crippen LogP contribution is 2.32. The van der Waals surface area contributed by atoms with Gasteiger partial charge in [-0.3, -0.25) is 9.59 Å². The average molecular weight is 387 g/mol. The largest absolute Gasteiger partial charge is 0.496 e. The van der Waals surface area contributed by atoms with E-state index < -0.39 is 0 Å². The SMILES string of the molecule is COc1ccccc1C(=O)Nc1cc(N2C[C@H](c3ccccc3)CC2=O)ccn1. The fourth-order valence-electron chi connectivity index (χ4n) is 3.58. The van der Waals surface area contributed by atoms with Gasteiger partial charge in [0.1, 0.15) is 11.6 Å². The number of anilines is 2. The van der Waals surface area contributed by atoms with Crippen molar-refractivity contribution < 1.29 is 14.3 Å². The third-order valence-corrected chi connectivity index (χ3v) is 5.04. The zero-order valence-corrected chi connectivity index (χ0v) is 16.0. The van der Waals surface area contributed by atoms with Gasteiger partial charge < -0.3 is 15.0 Å². The van der Waals surface area contributed by atoms with E-state index in [9.17, 15) is 9.59 Å². The van der Waals surface area contributed by atoms with Gasteiger partial charge in [-0.25, -0.2) is 4.98 Å². The summed E-state index contributed by atoms with van der Waals surface area (Å²) in [5, 5.41) is 2.79. The van der Waals surface area contributed by atoms with Crippen LogP contribution in [0.3, 0.4) is 0 Å². The lowest BCUT2D eigenvalue weighted by Crippen LogP contribution is -2.24. The lowest BCUT2D eigenvalue weighted by atomic mass is 9.99. The molecule has 1 fully saturated rings. The Morgan fingerprint density at radius 3 is 2.66 bits per heavy atom. The summed E-state index contributed by atoms with van der Waals surface area (Å²) in [6.45, 7) is 0.604. The third-order valence-electron chi connectivity index (χ3n) is 5.04. The van der Waals surface area contributed by atoms with E-state index in [2.05, 4.69) is 10.3 Å². The van der Waals surface area contributed by atoms with Crippen LogP contribution >= 0.6 is 0 Å². The van der Waals surface area contributed by atoms with Crippen LogP contribution in [0, 0.1) is 0 Å². The number of carbonyl (C=O) groups excluding carboxylic acids is 2. The highest BCUT2D eigenvalue weighted by atomic mass is 16.5. The zero-order valence-electron chi connectivity index (χ0n) is 16.0. The van der Waals surface area contributed by atoms with Gasteiger partial charge in [-0.05, 0) is 23.8 Å². The molecule has 1 N–H and O–H groups in total. The summed E-state index contributed by atoms with van der Waals surface area (Å²) in [7, 11) is 1.52. The molecule has 0 aliphatic carbocycles. The van der Waals surface area contributed by atoms with Gasteiger partial charge in [-0.2, -0.15) is 0 Å². The molecular weight excluding hydrogens is 366 g/mol. The van der Waals surface area contributed by atoms with Crippen LogP contribution in [-0.2, 0) is 4.79 Å². The van der Waals surface area contributed by atoms with Crippen molar-refractivity contribution in [2.24, 2.45) is 0 Å². The molecule has 0 unspecified atom stereocenters. The molecule has 1 atom stereocenters. The first-order valence-electron chi connectivity index (χ1n) is 9.41. The number of benzene rings is 2. The maximum absolute atomic E-state index is 12.6. The van der Waals surface area contributed by atoms with E-state index in [1.165, 1.54) is 7.11 Å². The van der Waals surface area contributed by atoms with Gasteiger partial charge in [0.05, 0.1) is 12.7 Å². The monoisotopic (exact) mass is 387 g/mol. The first-order valence-corrected chi connectivity index (χ1v) is 9.41. The van der Waals surface area contributed by atoms with E-state index in [0.717, 1.165) is 11.3 Å². The molecule has 2 aromatic carbocycles. The van der Waals surface area contributed by atoms with E-state index in [4.69, 9.17) is 4.74 Å². The van der Waals surface area contributed by atoms with Gasteiger partial charge >= 0.3 is 0 Å². The minimum atomic E-state index is -0.318. The van der Waals surface area contributed by atoms with Crippen molar-refractivity contribution in [3.8, 4) is 5.75 Å². The number of hydrogen-bond acceptors (Lipinski definition) is 4. The summed E-state index contributed by atoms with van der Waals surface area (Å²) in [5.41, 5.74) is 2.30. The molecular formula is C23H21N3O3. The summed E-state index contributed by atoms with van der Waals surface area (Å²) < 4.78 is 5.24. The maximum atomic E-state index is 12.6. The highest BCUT2D eigenvalue weighted by molar-refractivity contribution is 6.06. The second kappa shape index (κ2) is 8.14. The molecule has 1 aliphatic heterocycles. The van der Waals surface area contributed by atoms with Crippen LogP contribution in [0.1, 0.15) is 28.3 Å². The second-order valence-corrected chi connectivity index (χ2v) is 6.87. The number of methoxy groups -OCH3 is 1. The Bertz CT molecular complexity index is 1040. The summed E-state index contributed by atoms with van der Waals surface area (Å²) >= 11 is 0. The Kier molecular flexibility index (Phi) is 5.24. The number of nitrogens with zero attached hydrogens (tertiary/aromatic N) is 2. The molecule has 0 spiro atoms. The quantitative estimate of drug-likeness (QED) is 0.722. The molecule has 6 nitrogen and oxygen atoms in total. The number of para-hydroxylation sites is 1. The van der Waals surface area contributed by atoms with Crippen LogP contribution in [-0.4, -0.2) is 30.5 Å². The molecule has 2 amide bonds. The number of aromatic nitrogens is 1. The average Bonchev–Trinajstić information content (AvgIpc) is 3.16. The van der Waals surface area contributed by atoms with E-state index in [1.807, 2.05) is 30.3 Å². The van der Waals surface area contributed by atoms with Crippen molar-refractivity contribution in [2.75, 3.05) is 23.9 Å². The van der Waals surface area contributed by atoms with Crippen molar-refractivity contribution in [3.63, 3.8) is 0 Å². The van der Waals surface area contributed by atoms with Crippen LogP contribution in [0.4, 0.5) is 11.5 Å². The number of carbonyl (C=O) groups is 2. The standard InChI is InChI=1S/C23H21N3O3/c1-29-20-10-6-5-9-19(20)23(28)25-21-14-18(11-12-24-21)26-15-17(13-22(26)27)16-7-3-2-4-8-16/h2-12,14,17H,13,15H2,1H3,(H,24,25,28)/t17-/m1/s1. The number of hydrogen-bond donors (Lipinski definition) is 1. The molecule has 0 radical (unpaired) electrons. The van der Waals surface area contributed by atoms with E-state index in [-0.39, 0.29) is 17.7 Å². The third kappa shape index (κ3) is 3.96. The number of pyridine rings is 1. The van der Waals surface area contributed by atoms with E-state index in [0.29, 0.717) is 30.1 Å². The second-order valence-electron chi connectivity index (χ2n) is 6.87. The highest BCUT2D eigenvalue weighted by Gasteiger charge is 2.31. The van der Waals surface area contributed by atoms with Crippen LogP contribution < -0.4 is 15.0 Å². The van der Waals surface area contributed by atoms with Gasteiger partial charge in [0.15, 0.2) is 0 Å². The first-order chi connectivity index (χ1) is 14.2. The minimum absolute atomic E-state index is 0.0621. The molecule has 3 aromatic rings. The Balaban J connectivity index is 1.52. The molecule has 0 bridgehead atoms. The van der Waals surface area contributed by atoms with Crippen molar-refractivity contribution in [1.82, 2.24) is 4.98 Å². The molecule has 0 saturated carbocycles. The van der Waals surface area contributed by atoms with Crippen molar-refractivity contribution >= 4 is 23.3 Å². The maximum Gasteiger partial charge on any atom is 0.260 e. The van der Waals surface area contributed by atoms with Gasteiger partial charge in [0.2, 0.25) is 5.91 Å². The van der Waals surface area contributed by atoms with Gasteiger partial charge in [0, 0.05) is 36.8 Å². The van der Waals surface area contributed by atoms with Crippen molar-refractivity contribution in [1.29, 1.82) is 0 Å². The number of amides is 2. The summed E-state index contributed by atoms with van der Waals surface area (Å²) in [4.78, 5) is 31.2. The minimum Gasteiger partial charge on any atom is -0.496 e. The molecule has 4 rings (SSSR count). The molecule has 1 aliphatic rings. The Labute approximate surface area is 169 Å². The smallest absolute Gasteiger partial charge is 0.260 e. The Morgan fingerprint density at radius 1 is 1.10 bits per heavy atom. The lowest BCUT2D eigenvalue weighted by molar-refractivity contribution is -0.117. The predicted octanol–water partition coefficient (Wildman–Crippen LogP) is 3.86. The molecule has 29 heavy (non-hydrogen) atoms. The van der Waals surface area contributed by atoms with Crippen LogP contribution in [0.2, 0.25) is 0 Å². The van der Waals surface area contributed by atoms with Crippen LogP contribution in [0.25, 0.3) is 0 Å². The molecule has 2 heterocycles. The Hall–Kier alpha value is -3.67. The van der Waals surface area contributed by atoms with Crippen molar-refractivity contribution in [2.45, 2.75) is 12.3 Å². The Morgan fingerprint density at radius 2 is 1.86 bits per heavy atom. The van der Waals surface area contributed by atoms with Gasteiger partial charge in [-0.1, -0.05) is 42.5 Å². The number of ether oxygens (including phenoxy) is 1. The van der Waals surface area contributed by atoms with E-state index in [1.54, 1.807) is 47.5 Å². The summed E-state index contributed by atoms with van der Waals surface area (Å²) in [6, 6.07) is 20.5. The normalized spacial score (nSPS) is 16.0. The molecule has 146 valence electrons. The fraction of sp³-hybridized carbons (Fsp3) is 0.174. The topological polar surface area (TPSA) is 71.5 Å². The van der Waals surface area contributed by atoms with Crippen LogP contribution in [0.5, 0.6) is 5.75 Å². The fourth-order valence-corrected chi connectivity index (χ4v) is 3.58. The first kappa shape index (κ1) is 18.7. The number of rotatable bonds is 5. The predicted molar refractivity (Wildman–Crippen MR) is 111 cm³/mol. The van der Waals surface area contributed by atoms with Crippen LogP contribution in [0.15, 0.2) is 72.9 Å². The zero-order chi connectivity index (χ0) is 20.2. The molecule has 1 aromatic heterocycles. The molecule has 1 saturated heterocycles. The summed E-state index contributed by atoms with van der Waals surface area (Å²) in [6.07, 6.45) is 2.06. The van der Waals surface area contributed by atoms with Gasteiger partial charge in [0.25, 0.3) is 5.91 Å².